The molecule has 6 aliphatic carbocycles. The normalized spacial score (nSPS) is 44.7. The molecule has 34 heavy (non-hydrogen) atoms. The van der Waals surface area contributed by atoms with Crippen LogP contribution in [0.3, 0.4) is 0 Å². The SMILES string of the molecule is CC1(C)C2CC(OS(=O)(=O)CCCCS(=O)(=O)OC3CC4CC(C4(C)C)C3(C)O)C(C)(O)C1C2. The van der Waals surface area contributed by atoms with E-state index in [0.717, 1.165) is 12.8 Å². The van der Waals surface area contributed by atoms with E-state index in [2.05, 4.69) is 27.7 Å². The highest BCUT2D eigenvalue weighted by Crippen LogP contribution is 2.64. The Labute approximate surface area is 205 Å². The molecule has 0 radical (unpaired) electrons. The Bertz CT molecular complexity index is 930. The summed E-state index contributed by atoms with van der Waals surface area (Å²) in [7, 11) is -7.81. The molecule has 8 nitrogen and oxygen atoms in total. The molecule has 0 heterocycles. The van der Waals surface area contributed by atoms with E-state index < -0.39 is 43.6 Å². The van der Waals surface area contributed by atoms with E-state index in [-0.39, 0.29) is 47.0 Å². The maximum Gasteiger partial charge on any atom is 0.267 e. The predicted octanol–water partition coefficient (Wildman–Crippen LogP) is 2.83. The lowest BCUT2D eigenvalue weighted by Gasteiger charge is -2.64. The Kier molecular flexibility index (Phi) is 6.40. The molecule has 0 aromatic carbocycles. The van der Waals surface area contributed by atoms with Gasteiger partial charge in [-0.1, -0.05) is 27.7 Å². The van der Waals surface area contributed by atoms with Crippen molar-refractivity contribution in [1.29, 1.82) is 0 Å². The minimum atomic E-state index is -3.91. The minimum absolute atomic E-state index is 0.00477. The first-order chi connectivity index (χ1) is 15.3. The average Bonchev–Trinajstić information content (AvgIpc) is 2.66. The van der Waals surface area contributed by atoms with Crippen LogP contribution >= 0.6 is 0 Å². The standard InChI is InChI=1S/C24H42O8S2/c1-21(2)15-11-17(21)23(5,25)19(13-15)31-33(27,28)9-7-8-10-34(29,30)32-20-14-16-12-18(22(16,3)4)24(20,6)26/h15-20,25-26H,7-14H2,1-6H3. The van der Waals surface area contributed by atoms with Gasteiger partial charge in [0.05, 0.1) is 22.7 Å². The van der Waals surface area contributed by atoms with E-state index in [0.29, 0.717) is 24.7 Å². The molecule has 0 aliphatic heterocycles. The molecular formula is C24H42O8S2. The molecule has 6 rings (SSSR count). The van der Waals surface area contributed by atoms with Crippen molar-refractivity contribution in [2.24, 2.45) is 34.5 Å². The van der Waals surface area contributed by atoms with Gasteiger partial charge in [-0.2, -0.15) is 16.8 Å². The van der Waals surface area contributed by atoms with Crippen LogP contribution < -0.4 is 0 Å². The first kappa shape index (κ1) is 26.8. The third-order valence-corrected chi connectivity index (χ3v) is 12.8. The Morgan fingerprint density at radius 1 is 0.647 bits per heavy atom. The summed E-state index contributed by atoms with van der Waals surface area (Å²) >= 11 is 0. The molecule has 0 aromatic rings. The van der Waals surface area contributed by atoms with Crippen LogP contribution in [0.4, 0.5) is 0 Å². The topological polar surface area (TPSA) is 127 Å². The fourth-order valence-corrected chi connectivity index (χ4v) is 10.1. The number of hydrogen-bond acceptors (Lipinski definition) is 8. The molecule has 8 atom stereocenters. The Morgan fingerprint density at radius 2 is 0.971 bits per heavy atom. The summed E-state index contributed by atoms with van der Waals surface area (Å²) in [5.74, 6) is 0.0213. The van der Waals surface area contributed by atoms with Gasteiger partial charge in [0.25, 0.3) is 20.2 Å². The van der Waals surface area contributed by atoms with Crippen LogP contribution in [-0.2, 0) is 28.6 Å². The zero-order valence-electron chi connectivity index (χ0n) is 21.3. The summed E-state index contributed by atoms with van der Waals surface area (Å²) in [6, 6.07) is 0. The molecule has 8 unspecified atom stereocenters. The Morgan fingerprint density at radius 3 is 1.24 bits per heavy atom. The quantitative estimate of drug-likeness (QED) is 0.350. The number of unbranched alkanes of at least 4 members (excludes halogenated alkanes) is 1. The van der Waals surface area contributed by atoms with Crippen LogP contribution in [0.15, 0.2) is 0 Å². The van der Waals surface area contributed by atoms with Crippen LogP contribution in [0.1, 0.15) is 80.1 Å². The van der Waals surface area contributed by atoms with Crippen LogP contribution in [0.2, 0.25) is 0 Å². The number of aliphatic hydroxyl groups is 2. The van der Waals surface area contributed by atoms with Gasteiger partial charge in [0.1, 0.15) is 12.2 Å². The average molecular weight is 523 g/mol. The highest BCUT2D eigenvalue weighted by molar-refractivity contribution is 7.87. The van der Waals surface area contributed by atoms with E-state index in [4.69, 9.17) is 8.37 Å². The number of rotatable bonds is 9. The minimum Gasteiger partial charge on any atom is -0.387 e. The monoisotopic (exact) mass is 522 g/mol. The van der Waals surface area contributed by atoms with Gasteiger partial charge in [-0.25, -0.2) is 0 Å². The van der Waals surface area contributed by atoms with Gasteiger partial charge in [-0.15, -0.1) is 0 Å². The van der Waals surface area contributed by atoms with Crippen molar-refractivity contribution in [3.8, 4) is 0 Å². The van der Waals surface area contributed by atoms with E-state index in [1.54, 1.807) is 13.8 Å². The number of hydrogen-bond donors (Lipinski definition) is 2. The van der Waals surface area contributed by atoms with Crippen molar-refractivity contribution in [2.75, 3.05) is 11.5 Å². The third-order valence-electron chi connectivity index (χ3n) is 10.2. The highest BCUT2D eigenvalue weighted by atomic mass is 32.2. The Balaban J connectivity index is 1.25. The largest absolute Gasteiger partial charge is 0.387 e. The summed E-state index contributed by atoms with van der Waals surface area (Å²) in [6.07, 6.45) is 1.43. The van der Waals surface area contributed by atoms with E-state index in [1.807, 2.05) is 0 Å². The van der Waals surface area contributed by atoms with Gasteiger partial charge < -0.3 is 10.2 Å². The maximum atomic E-state index is 12.6. The molecule has 0 amide bonds. The van der Waals surface area contributed by atoms with Crippen molar-refractivity contribution >= 4 is 20.2 Å². The fourth-order valence-electron chi connectivity index (χ4n) is 7.54. The molecule has 2 N–H and O–H groups in total. The fraction of sp³-hybridized carbons (Fsp3) is 1.00. The highest BCUT2D eigenvalue weighted by Gasteiger charge is 2.65. The molecular weight excluding hydrogens is 480 g/mol. The van der Waals surface area contributed by atoms with E-state index in [1.165, 1.54) is 0 Å². The van der Waals surface area contributed by atoms with Crippen LogP contribution in [0.25, 0.3) is 0 Å². The summed E-state index contributed by atoms with van der Waals surface area (Å²) in [4.78, 5) is 0. The molecule has 0 saturated heterocycles. The van der Waals surface area contributed by atoms with Crippen LogP contribution in [0.5, 0.6) is 0 Å². The molecule has 4 bridgehead atoms. The lowest BCUT2D eigenvalue weighted by Crippen LogP contribution is -2.67. The maximum absolute atomic E-state index is 12.6. The number of fused-ring (bicyclic) bond motifs is 4. The second kappa shape index (κ2) is 8.12. The molecule has 6 aliphatic rings. The van der Waals surface area contributed by atoms with Crippen molar-refractivity contribution in [3.05, 3.63) is 0 Å². The summed E-state index contributed by atoms with van der Waals surface area (Å²) in [5, 5.41) is 21.9. The molecule has 0 spiro atoms. The first-order valence-electron chi connectivity index (χ1n) is 12.6. The smallest absolute Gasteiger partial charge is 0.267 e. The van der Waals surface area contributed by atoms with Crippen molar-refractivity contribution in [1.82, 2.24) is 0 Å². The summed E-state index contributed by atoms with van der Waals surface area (Å²) in [6.45, 7) is 11.7. The second-order valence-corrected chi connectivity index (χ2v) is 16.4. The van der Waals surface area contributed by atoms with Gasteiger partial charge in [0, 0.05) is 0 Å². The third kappa shape index (κ3) is 4.38. The van der Waals surface area contributed by atoms with Crippen molar-refractivity contribution in [2.45, 2.75) is 103 Å². The lowest BCUT2D eigenvalue weighted by atomic mass is 9.43. The van der Waals surface area contributed by atoms with Crippen LogP contribution in [-0.4, -0.2) is 62.0 Å². The van der Waals surface area contributed by atoms with Gasteiger partial charge in [-0.3, -0.25) is 8.37 Å². The first-order valence-corrected chi connectivity index (χ1v) is 15.7. The zero-order valence-corrected chi connectivity index (χ0v) is 22.9. The Hall–Kier alpha value is -0.260. The lowest BCUT2D eigenvalue weighted by molar-refractivity contribution is -0.237. The second-order valence-electron chi connectivity index (χ2n) is 12.9. The molecule has 198 valence electrons. The molecule has 0 aromatic heterocycles. The summed E-state index contributed by atoms with van der Waals surface area (Å²) < 4.78 is 61.0. The predicted molar refractivity (Wildman–Crippen MR) is 128 cm³/mol. The van der Waals surface area contributed by atoms with E-state index in [9.17, 15) is 27.0 Å². The van der Waals surface area contributed by atoms with Crippen molar-refractivity contribution in [3.63, 3.8) is 0 Å². The summed E-state index contributed by atoms with van der Waals surface area (Å²) in [5.41, 5.74) is -2.48. The van der Waals surface area contributed by atoms with Gasteiger partial charge in [0.2, 0.25) is 0 Å². The van der Waals surface area contributed by atoms with Crippen LogP contribution in [0, 0.1) is 34.5 Å². The van der Waals surface area contributed by atoms with Gasteiger partial charge in [0.15, 0.2) is 0 Å². The van der Waals surface area contributed by atoms with E-state index >= 15 is 0 Å². The van der Waals surface area contributed by atoms with Gasteiger partial charge in [-0.05, 0) is 86.9 Å². The van der Waals surface area contributed by atoms with Crippen molar-refractivity contribution < 1.29 is 35.4 Å². The zero-order chi connectivity index (χ0) is 25.5. The molecule has 6 fully saturated rings. The molecule has 10 heteroatoms. The van der Waals surface area contributed by atoms with Gasteiger partial charge >= 0.3 is 0 Å². The molecule has 6 saturated carbocycles.